The smallest absolute Gasteiger partial charge is 0.371 e. The van der Waals surface area contributed by atoms with E-state index in [4.69, 9.17) is 0 Å². The van der Waals surface area contributed by atoms with Crippen molar-refractivity contribution < 1.29 is 0 Å². The van der Waals surface area contributed by atoms with Crippen molar-refractivity contribution in [3.63, 3.8) is 0 Å². The molecule has 1 aromatic rings. The highest BCUT2D eigenvalue weighted by Gasteiger charge is 2.50. The highest BCUT2D eigenvalue weighted by molar-refractivity contribution is 6.97. The lowest BCUT2D eigenvalue weighted by Crippen LogP contribution is -2.63. The van der Waals surface area contributed by atoms with Crippen LogP contribution >= 0.6 is 0 Å². The van der Waals surface area contributed by atoms with Gasteiger partial charge in [0.25, 0.3) is 0 Å². The van der Waals surface area contributed by atoms with Crippen LogP contribution in [0.5, 0.6) is 0 Å². The van der Waals surface area contributed by atoms with Crippen molar-refractivity contribution in [1.82, 2.24) is 0 Å². The van der Waals surface area contributed by atoms with Crippen molar-refractivity contribution in [2.75, 3.05) is 15.8 Å². The van der Waals surface area contributed by atoms with E-state index < -0.39 is 8.24 Å². The fourth-order valence-corrected chi connectivity index (χ4v) is 5.65. The van der Waals surface area contributed by atoms with Crippen LogP contribution in [0.1, 0.15) is 20.8 Å². The van der Waals surface area contributed by atoms with Gasteiger partial charge in [-0.25, -0.2) is 0 Å². The first-order valence-electron chi connectivity index (χ1n) is 8.12. The lowest BCUT2D eigenvalue weighted by atomic mass is 9.71. The SMILES string of the molecule is C=CCB1N(CC=C)c2ccccc2N1[Si](C)(C)C(C)(C)C. The quantitative estimate of drug-likeness (QED) is 0.546. The Bertz CT molecular complexity index is 562. The van der Waals surface area contributed by atoms with Gasteiger partial charge in [0.1, 0.15) is 8.24 Å². The van der Waals surface area contributed by atoms with Gasteiger partial charge in [-0.05, 0) is 23.5 Å². The summed E-state index contributed by atoms with van der Waals surface area (Å²) in [6.07, 6.45) is 5.02. The molecule has 1 aliphatic heterocycles. The van der Waals surface area contributed by atoms with Gasteiger partial charge in [0.05, 0.1) is 0 Å². The Kier molecular flexibility index (Phi) is 4.62. The second-order valence-corrected chi connectivity index (χ2v) is 12.7. The number of benzene rings is 1. The van der Waals surface area contributed by atoms with Crippen LogP contribution in [0.2, 0.25) is 24.5 Å². The standard InChI is InChI=1S/C18H29BN2Si/c1-8-14-19-20(15-9-2)16-12-10-11-13-17(16)21(19)22(6,7)18(3,4)5/h8-13H,1-2,14-15H2,3-7H3. The number of fused-ring (bicyclic) bond motifs is 1. The van der Waals surface area contributed by atoms with Crippen LogP contribution in [0, 0.1) is 0 Å². The molecule has 0 spiro atoms. The number of hydrogen-bond donors (Lipinski definition) is 0. The number of anilines is 2. The zero-order chi connectivity index (χ0) is 16.5. The van der Waals surface area contributed by atoms with Gasteiger partial charge >= 0.3 is 6.98 Å². The van der Waals surface area contributed by atoms with E-state index in [1.807, 2.05) is 12.2 Å². The fourth-order valence-electron chi connectivity index (χ4n) is 3.15. The Morgan fingerprint density at radius 3 is 2.18 bits per heavy atom. The molecule has 0 fully saturated rings. The topological polar surface area (TPSA) is 6.48 Å². The van der Waals surface area contributed by atoms with Crippen molar-refractivity contribution in [2.24, 2.45) is 0 Å². The Hall–Kier alpha value is -1.42. The second-order valence-electron chi connectivity index (χ2n) is 7.61. The molecule has 1 aromatic carbocycles. The van der Waals surface area contributed by atoms with Crippen LogP contribution in [-0.2, 0) is 0 Å². The molecular formula is C18H29BN2Si. The van der Waals surface area contributed by atoms with Crippen LogP contribution < -0.4 is 9.29 Å². The predicted molar refractivity (Wildman–Crippen MR) is 104 cm³/mol. The zero-order valence-electron chi connectivity index (χ0n) is 14.8. The number of allylic oxidation sites excluding steroid dienone is 1. The third-order valence-electron chi connectivity index (χ3n) is 5.25. The van der Waals surface area contributed by atoms with Gasteiger partial charge in [0.15, 0.2) is 0 Å². The van der Waals surface area contributed by atoms with Crippen molar-refractivity contribution >= 4 is 26.6 Å². The molecule has 22 heavy (non-hydrogen) atoms. The molecule has 0 saturated carbocycles. The molecule has 0 aliphatic carbocycles. The van der Waals surface area contributed by atoms with E-state index in [-0.39, 0.29) is 0 Å². The van der Waals surface area contributed by atoms with Gasteiger partial charge in [0, 0.05) is 17.9 Å². The largest absolute Gasteiger partial charge is 0.421 e. The molecule has 0 aromatic heterocycles. The van der Waals surface area contributed by atoms with Crippen LogP contribution in [0.15, 0.2) is 49.6 Å². The summed E-state index contributed by atoms with van der Waals surface area (Å²) in [4.78, 5) is 2.48. The average molecular weight is 312 g/mol. The third-order valence-corrected chi connectivity index (χ3v) is 10.7. The summed E-state index contributed by atoms with van der Waals surface area (Å²) < 4.78 is 2.72. The van der Waals surface area contributed by atoms with Crippen molar-refractivity contribution in [2.45, 2.75) is 45.2 Å². The van der Waals surface area contributed by atoms with E-state index in [1.165, 1.54) is 11.4 Å². The summed E-state index contributed by atoms with van der Waals surface area (Å²) in [5, 5.41) is 0.295. The summed E-state index contributed by atoms with van der Waals surface area (Å²) in [5.74, 6) is 0. The molecule has 1 aliphatic rings. The van der Waals surface area contributed by atoms with Crippen LogP contribution in [0.25, 0.3) is 0 Å². The van der Waals surface area contributed by atoms with Gasteiger partial charge in [-0.1, -0.05) is 58.2 Å². The highest BCUT2D eigenvalue weighted by atomic mass is 28.3. The minimum Gasteiger partial charge on any atom is -0.421 e. The maximum atomic E-state index is 4.00. The molecule has 0 unspecified atom stereocenters. The van der Waals surface area contributed by atoms with Gasteiger partial charge in [-0.15, -0.1) is 13.2 Å². The second kappa shape index (κ2) is 6.00. The Labute approximate surface area is 137 Å². The van der Waals surface area contributed by atoms with Gasteiger partial charge in [-0.3, -0.25) is 0 Å². The average Bonchev–Trinajstić information content (AvgIpc) is 2.73. The van der Waals surface area contributed by atoms with Gasteiger partial charge in [-0.2, -0.15) is 0 Å². The molecule has 0 amide bonds. The third kappa shape index (κ3) is 2.65. The molecule has 2 nitrogen and oxygen atoms in total. The van der Waals surface area contributed by atoms with Crippen LogP contribution in [-0.4, -0.2) is 21.8 Å². The Morgan fingerprint density at radius 2 is 1.68 bits per heavy atom. The molecule has 0 N–H and O–H groups in total. The maximum absolute atomic E-state index is 4.00. The first-order chi connectivity index (χ1) is 10.3. The minimum atomic E-state index is -1.68. The predicted octanol–water partition coefficient (Wildman–Crippen LogP) is 5.18. The van der Waals surface area contributed by atoms with Gasteiger partial charge in [0.2, 0.25) is 0 Å². The normalized spacial score (nSPS) is 15.0. The lowest BCUT2D eigenvalue weighted by Gasteiger charge is -2.48. The number of rotatable bonds is 5. The molecule has 1 heterocycles. The minimum absolute atomic E-state index is 0.295. The summed E-state index contributed by atoms with van der Waals surface area (Å²) in [7, 11) is -1.68. The summed E-state index contributed by atoms with van der Waals surface area (Å²) in [6.45, 7) is 21.3. The first-order valence-corrected chi connectivity index (χ1v) is 11.1. The van der Waals surface area contributed by atoms with Crippen molar-refractivity contribution in [1.29, 1.82) is 0 Å². The molecule has 118 valence electrons. The number of hydrogen-bond acceptors (Lipinski definition) is 2. The number of para-hydroxylation sites is 2. The lowest BCUT2D eigenvalue weighted by molar-refractivity contribution is 0.718. The summed E-state index contributed by atoms with van der Waals surface area (Å²) in [5.41, 5.74) is 2.71. The first kappa shape index (κ1) is 16.9. The molecule has 0 radical (unpaired) electrons. The van der Waals surface area contributed by atoms with E-state index in [0.717, 1.165) is 12.9 Å². The van der Waals surface area contributed by atoms with E-state index in [2.05, 4.69) is 80.6 Å². The number of nitrogens with zero attached hydrogens (tertiary/aromatic N) is 2. The molecule has 0 saturated heterocycles. The maximum Gasteiger partial charge on any atom is 0.371 e. The molecule has 0 atom stereocenters. The zero-order valence-corrected chi connectivity index (χ0v) is 15.8. The van der Waals surface area contributed by atoms with Crippen molar-refractivity contribution in [3.8, 4) is 0 Å². The van der Waals surface area contributed by atoms with Gasteiger partial charge < -0.3 is 9.29 Å². The van der Waals surface area contributed by atoms with Crippen LogP contribution in [0.3, 0.4) is 0 Å². The monoisotopic (exact) mass is 312 g/mol. The fraction of sp³-hybridized carbons (Fsp3) is 0.444. The van der Waals surface area contributed by atoms with E-state index in [9.17, 15) is 0 Å². The molecule has 4 heteroatoms. The highest BCUT2D eigenvalue weighted by Crippen LogP contribution is 2.48. The van der Waals surface area contributed by atoms with E-state index in [1.54, 1.807) is 0 Å². The summed E-state index contributed by atoms with van der Waals surface area (Å²) >= 11 is 0. The van der Waals surface area contributed by atoms with E-state index >= 15 is 0 Å². The van der Waals surface area contributed by atoms with Crippen LogP contribution in [0.4, 0.5) is 11.4 Å². The van der Waals surface area contributed by atoms with Crippen molar-refractivity contribution in [3.05, 3.63) is 49.6 Å². The molecule has 0 bridgehead atoms. The Balaban J connectivity index is 2.59. The molecule has 2 rings (SSSR count). The van der Waals surface area contributed by atoms with E-state index in [0.29, 0.717) is 12.0 Å². The summed E-state index contributed by atoms with van der Waals surface area (Å²) in [6, 6.07) is 8.80. The molecular weight excluding hydrogens is 283 g/mol. The Morgan fingerprint density at radius 1 is 1.09 bits per heavy atom.